The molecular formula is C15H15ClN2O2S. The van der Waals surface area contributed by atoms with Gasteiger partial charge >= 0.3 is 0 Å². The van der Waals surface area contributed by atoms with Gasteiger partial charge in [-0.25, -0.2) is 0 Å². The molecule has 0 saturated heterocycles. The second kappa shape index (κ2) is 7.24. The number of rotatable bonds is 5. The van der Waals surface area contributed by atoms with Crippen molar-refractivity contribution in [3.05, 3.63) is 58.6 Å². The summed E-state index contributed by atoms with van der Waals surface area (Å²) in [5.74, 6) is 0.609. The summed E-state index contributed by atoms with van der Waals surface area (Å²) in [4.78, 5) is 0.888. The van der Waals surface area contributed by atoms with E-state index < -0.39 is 0 Å². The number of oxime groups is 1. The summed E-state index contributed by atoms with van der Waals surface area (Å²) in [5, 5.41) is 12.7. The van der Waals surface area contributed by atoms with E-state index in [1.807, 2.05) is 42.7 Å². The number of amidine groups is 1. The highest BCUT2D eigenvalue weighted by Crippen LogP contribution is 2.29. The van der Waals surface area contributed by atoms with E-state index in [0.29, 0.717) is 22.9 Å². The van der Waals surface area contributed by atoms with Gasteiger partial charge in [0.1, 0.15) is 12.4 Å². The smallest absolute Gasteiger partial charge is 0.174 e. The van der Waals surface area contributed by atoms with Crippen LogP contribution in [-0.4, -0.2) is 17.3 Å². The van der Waals surface area contributed by atoms with E-state index in [0.717, 1.165) is 10.5 Å². The Balaban J connectivity index is 2.25. The predicted octanol–water partition coefficient (Wildman–Crippen LogP) is 3.74. The summed E-state index contributed by atoms with van der Waals surface area (Å²) >= 11 is 7.36. The van der Waals surface area contributed by atoms with E-state index in [9.17, 15) is 0 Å². The first-order valence-electron chi connectivity index (χ1n) is 6.18. The van der Waals surface area contributed by atoms with Crippen molar-refractivity contribution in [1.29, 1.82) is 0 Å². The maximum Gasteiger partial charge on any atom is 0.174 e. The molecule has 2 aromatic rings. The zero-order chi connectivity index (χ0) is 15.2. The number of nitrogens with two attached hydrogens (primary N) is 1. The van der Waals surface area contributed by atoms with Crippen molar-refractivity contribution in [1.82, 2.24) is 0 Å². The molecule has 0 saturated carbocycles. The van der Waals surface area contributed by atoms with Gasteiger partial charge in [0.2, 0.25) is 0 Å². The summed E-state index contributed by atoms with van der Waals surface area (Å²) in [5.41, 5.74) is 7.33. The molecule has 0 aliphatic carbocycles. The van der Waals surface area contributed by atoms with E-state index in [-0.39, 0.29) is 5.84 Å². The summed E-state index contributed by atoms with van der Waals surface area (Å²) in [7, 11) is 0. The Morgan fingerprint density at radius 3 is 2.62 bits per heavy atom. The Labute approximate surface area is 132 Å². The van der Waals surface area contributed by atoms with Crippen LogP contribution in [0.2, 0.25) is 5.02 Å². The number of ether oxygens (including phenoxy) is 1. The standard InChI is InChI=1S/C15H15ClN2O2S/c1-21-13-4-2-3-12(14(13)15(17)18-19)20-9-10-5-7-11(16)8-6-10/h2-8,19H,9H2,1H3,(H2,17,18). The molecule has 2 rings (SSSR count). The topological polar surface area (TPSA) is 67.8 Å². The van der Waals surface area contributed by atoms with Gasteiger partial charge in [-0.2, -0.15) is 0 Å². The molecule has 2 aromatic carbocycles. The summed E-state index contributed by atoms with van der Waals surface area (Å²) in [6.07, 6.45) is 1.92. The van der Waals surface area contributed by atoms with Crippen molar-refractivity contribution >= 4 is 29.2 Å². The van der Waals surface area contributed by atoms with Gasteiger partial charge in [0.05, 0.1) is 5.56 Å². The maximum atomic E-state index is 8.93. The molecule has 0 heterocycles. The third-order valence-electron chi connectivity index (χ3n) is 2.88. The molecule has 0 atom stereocenters. The monoisotopic (exact) mass is 322 g/mol. The highest BCUT2D eigenvalue weighted by molar-refractivity contribution is 7.98. The average Bonchev–Trinajstić information content (AvgIpc) is 2.53. The minimum absolute atomic E-state index is 0.0334. The molecule has 3 N–H and O–H groups in total. The number of hydrogen-bond donors (Lipinski definition) is 2. The van der Waals surface area contributed by atoms with Crippen molar-refractivity contribution in [2.45, 2.75) is 11.5 Å². The van der Waals surface area contributed by atoms with Crippen molar-refractivity contribution < 1.29 is 9.94 Å². The van der Waals surface area contributed by atoms with Crippen LogP contribution >= 0.6 is 23.4 Å². The molecule has 0 unspecified atom stereocenters. The highest BCUT2D eigenvalue weighted by atomic mass is 35.5. The zero-order valence-electron chi connectivity index (χ0n) is 11.4. The normalized spacial score (nSPS) is 11.4. The molecule has 0 radical (unpaired) electrons. The lowest BCUT2D eigenvalue weighted by molar-refractivity contribution is 0.302. The second-order valence-electron chi connectivity index (χ2n) is 4.23. The second-order valence-corrected chi connectivity index (χ2v) is 5.52. The maximum absolute atomic E-state index is 8.93. The van der Waals surface area contributed by atoms with Gasteiger partial charge in [0, 0.05) is 9.92 Å². The Bertz CT molecular complexity index is 645. The molecule has 0 fully saturated rings. The third kappa shape index (κ3) is 3.83. The van der Waals surface area contributed by atoms with Crippen LogP contribution in [0.15, 0.2) is 52.5 Å². The number of benzene rings is 2. The van der Waals surface area contributed by atoms with E-state index in [1.54, 1.807) is 6.07 Å². The molecule has 0 bridgehead atoms. The average molecular weight is 323 g/mol. The molecule has 0 aliphatic heterocycles. The molecule has 0 spiro atoms. The quantitative estimate of drug-likeness (QED) is 0.289. The number of thioether (sulfide) groups is 1. The number of halogens is 1. The number of hydrogen-bond acceptors (Lipinski definition) is 4. The molecule has 0 aromatic heterocycles. The summed E-state index contributed by atoms with van der Waals surface area (Å²) in [6, 6.07) is 13.0. The lowest BCUT2D eigenvalue weighted by Crippen LogP contribution is -2.16. The minimum Gasteiger partial charge on any atom is -0.488 e. The van der Waals surface area contributed by atoms with Crippen molar-refractivity contribution in [2.75, 3.05) is 6.26 Å². The molecule has 21 heavy (non-hydrogen) atoms. The van der Waals surface area contributed by atoms with Crippen LogP contribution < -0.4 is 10.5 Å². The minimum atomic E-state index is 0.0334. The molecule has 110 valence electrons. The summed E-state index contributed by atoms with van der Waals surface area (Å²) in [6.45, 7) is 0.376. The third-order valence-corrected chi connectivity index (χ3v) is 3.91. The van der Waals surface area contributed by atoms with Crippen molar-refractivity contribution in [2.24, 2.45) is 10.9 Å². The Kier molecular flexibility index (Phi) is 5.36. The lowest BCUT2D eigenvalue weighted by atomic mass is 10.2. The predicted molar refractivity (Wildman–Crippen MR) is 86.5 cm³/mol. The molecule has 4 nitrogen and oxygen atoms in total. The van der Waals surface area contributed by atoms with Gasteiger partial charge in [0.25, 0.3) is 0 Å². The van der Waals surface area contributed by atoms with Crippen LogP contribution in [-0.2, 0) is 6.61 Å². The first kappa shape index (κ1) is 15.5. The fraction of sp³-hybridized carbons (Fsp3) is 0.133. The van der Waals surface area contributed by atoms with E-state index in [1.165, 1.54) is 11.8 Å². The molecular weight excluding hydrogens is 308 g/mol. The van der Waals surface area contributed by atoms with Crippen molar-refractivity contribution in [3.63, 3.8) is 0 Å². The Morgan fingerprint density at radius 1 is 1.29 bits per heavy atom. The van der Waals surface area contributed by atoms with E-state index in [2.05, 4.69) is 5.16 Å². The van der Waals surface area contributed by atoms with Crippen LogP contribution in [0, 0.1) is 0 Å². The van der Waals surface area contributed by atoms with Gasteiger partial charge in [-0.1, -0.05) is 35.0 Å². The van der Waals surface area contributed by atoms with Gasteiger partial charge in [-0.3, -0.25) is 0 Å². The van der Waals surface area contributed by atoms with Gasteiger partial charge in [-0.15, -0.1) is 11.8 Å². The fourth-order valence-corrected chi connectivity index (χ4v) is 2.60. The van der Waals surface area contributed by atoms with Gasteiger partial charge < -0.3 is 15.7 Å². The van der Waals surface area contributed by atoms with Gasteiger partial charge in [-0.05, 0) is 36.1 Å². The molecule has 6 heteroatoms. The summed E-state index contributed by atoms with van der Waals surface area (Å²) < 4.78 is 5.80. The van der Waals surface area contributed by atoms with Crippen molar-refractivity contribution in [3.8, 4) is 5.75 Å². The SMILES string of the molecule is CSc1cccc(OCc2ccc(Cl)cc2)c1/C(N)=N/O. The largest absolute Gasteiger partial charge is 0.488 e. The Morgan fingerprint density at radius 2 is 2.00 bits per heavy atom. The zero-order valence-corrected chi connectivity index (χ0v) is 13.0. The Hall–Kier alpha value is -1.85. The van der Waals surface area contributed by atoms with Crippen LogP contribution in [0.25, 0.3) is 0 Å². The number of nitrogens with zero attached hydrogens (tertiary/aromatic N) is 1. The lowest BCUT2D eigenvalue weighted by Gasteiger charge is -2.13. The van der Waals surface area contributed by atoms with Gasteiger partial charge in [0.15, 0.2) is 5.84 Å². The highest BCUT2D eigenvalue weighted by Gasteiger charge is 2.13. The van der Waals surface area contributed by atoms with Crippen LogP contribution in [0.1, 0.15) is 11.1 Å². The van der Waals surface area contributed by atoms with E-state index >= 15 is 0 Å². The van der Waals surface area contributed by atoms with Crippen LogP contribution in [0.3, 0.4) is 0 Å². The first-order valence-corrected chi connectivity index (χ1v) is 7.78. The molecule has 0 amide bonds. The van der Waals surface area contributed by atoms with Crippen LogP contribution in [0.4, 0.5) is 0 Å². The first-order chi connectivity index (χ1) is 10.2. The van der Waals surface area contributed by atoms with Crippen LogP contribution in [0.5, 0.6) is 5.75 Å². The fourth-order valence-electron chi connectivity index (χ4n) is 1.85. The van der Waals surface area contributed by atoms with E-state index in [4.69, 9.17) is 27.3 Å². The molecule has 0 aliphatic rings.